The lowest BCUT2D eigenvalue weighted by Crippen LogP contribution is -2.46. The fourth-order valence-electron chi connectivity index (χ4n) is 1.89. The first-order valence-corrected chi connectivity index (χ1v) is 5.15. The molecular weight excluding hydrogens is 227 g/mol. The largest absolute Gasteiger partial charge is 0.669 e. The second-order valence-corrected chi connectivity index (χ2v) is 3.93. The van der Waals surface area contributed by atoms with E-state index in [4.69, 9.17) is 9.39 Å². The standard InChI is InChI=1S/C10H12BO6/c1-16-7-3-2-6-4-5-11(14,15)17-9(6)8(7)10(12)13/h2-3,14-15H,4-5H2,1H3,(H,12,13)/q-1/p-1. The molecule has 0 aliphatic carbocycles. The predicted molar refractivity (Wildman–Crippen MR) is 56.7 cm³/mol. The van der Waals surface area contributed by atoms with Gasteiger partial charge in [-0.25, -0.2) is 0 Å². The maximum atomic E-state index is 11.0. The molecule has 7 heteroatoms. The molecule has 0 saturated carbocycles. The molecular formula is C10H11BO6-2. The summed E-state index contributed by atoms with van der Waals surface area (Å²) in [5.41, 5.74) is 0.296. The molecule has 6 nitrogen and oxygen atoms in total. The van der Waals surface area contributed by atoms with Gasteiger partial charge >= 0.3 is 6.75 Å². The van der Waals surface area contributed by atoms with Crippen LogP contribution in [0.3, 0.4) is 0 Å². The molecule has 1 aliphatic heterocycles. The molecule has 0 fully saturated rings. The molecule has 92 valence electrons. The van der Waals surface area contributed by atoms with Gasteiger partial charge in [0.25, 0.3) is 0 Å². The van der Waals surface area contributed by atoms with Crippen molar-refractivity contribution in [3.8, 4) is 11.5 Å². The van der Waals surface area contributed by atoms with Gasteiger partial charge in [0.1, 0.15) is 5.75 Å². The quantitative estimate of drug-likeness (QED) is 0.635. The van der Waals surface area contributed by atoms with E-state index < -0.39 is 12.7 Å². The molecule has 0 unspecified atom stereocenters. The molecule has 1 aromatic carbocycles. The Bertz CT molecular complexity index is 470. The third kappa shape index (κ3) is 2.06. The first-order valence-electron chi connectivity index (χ1n) is 5.15. The molecule has 1 heterocycles. The van der Waals surface area contributed by atoms with Gasteiger partial charge in [-0.1, -0.05) is 12.4 Å². The summed E-state index contributed by atoms with van der Waals surface area (Å²) in [6.07, 6.45) is 0.360. The zero-order valence-electron chi connectivity index (χ0n) is 9.17. The molecule has 1 aromatic rings. The molecule has 0 amide bonds. The second kappa shape index (κ2) is 3.94. The highest BCUT2D eigenvalue weighted by atomic mass is 16.6. The van der Waals surface area contributed by atoms with Crippen molar-refractivity contribution in [3.63, 3.8) is 0 Å². The summed E-state index contributed by atoms with van der Waals surface area (Å²) in [6, 6.07) is 3.12. The molecule has 0 saturated heterocycles. The summed E-state index contributed by atoms with van der Waals surface area (Å²) in [6.45, 7) is -3.01. The van der Waals surface area contributed by atoms with Crippen molar-refractivity contribution in [2.24, 2.45) is 0 Å². The molecule has 0 spiro atoms. The Hall–Kier alpha value is -1.73. The van der Waals surface area contributed by atoms with E-state index >= 15 is 0 Å². The monoisotopic (exact) mass is 238 g/mol. The summed E-state index contributed by atoms with van der Waals surface area (Å²) in [5.74, 6) is -1.50. The number of rotatable bonds is 2. The van der Waals surface area contributed by atoms with Crippen molar-refractivity contribution in [1.82, 2.24) is 0 Å². The highest BCUT2D eigenvalue weighted by Gasteiger charge is 2.30. The minimum Gasteiger partial charge on any atom is -0.669 e. The average Bonchev–Trinajstić information content (AvgIpc) is 2.25. The fourth-order valence-corrected chi connectivity index (χ4v) is 1.89. The second-order valence-electron chi connectivity index (χ2n) is 3.93. The van der Waals surface area contributed by atoms with Crippen LogP contribution in [0.1, 0.15) is 15.9 Å². The number of carboxylic acid groups (broad SMARTS) is 1. The number of aromatic carboxylic acids is 1. The topological polar surface area (TPSA) is 99.1 Å². The normalized spacial score (nSPS) is 16.9. The lowest BCUT2D eigenvalue weighted by Gasteiger charge is -2.38. The Morgan fingerprint density at radius 1 is 1.53 bits per heavy atom. The minimum absolute atomic E-state index is 0.0335. The Labute approximate surface area is 97.4 Å². The zero-order valence-corrected chi connectivity index (χ0v) is 9.17. The summed E-state index contributed by atoms with van der Waals surface area (Å²) in [4.78, 5) is 11.0. The highest BCUT2D eigenvalue weighted by molar-refractivity contribution is 6.59. The van der Waals surface area contributed by atoms with Gasteiger partial charge in [0, 0.05) is 0 Å². The summed E-state index contributed by atoms with van der Waals surface area (Å²) in [5, 5.41) is 29.9. The van der Waals surface area contributed by atoms with E-state index in [1.54, 1.807) is 6.07 Å². The predicted octanol–water partition coefficient (Wildman–Crippen LogP) is -1.08. The van der Waals surface area contributed by atoms with Crippen LogP contribution in [0.2, 0.25) is 6.32 Å². The van der Waals surface area contributed by atoms with Crippen LogP contribution in [0.5, 0.6) is 11.5 Å². The average molecular weight is 238 g/mol. The van der Waals surface area contributed by atoms with E-state index in [1.165, 1.54) is 13.2 Å². The van der Waals surface area contributed by atoms with Crippen LogP contribution in [0.25, 0.3) is 0 Å². The van der Waals surface area contributed by atoms with Crippen LogP contribution in [-0.4, -0.2) is 29.9 Å². The fraction of sp³-hybridized carbons (Fsp3) is 0.300. The number of ether oxygens (including phenoxy) is 1. The molecule has 0 bridgehead atoms. The van der Waals surface area contributed by atoms with Crippen molar-refractivity contribution in [2.75, 3.05) is 7.11 Å². The van der Waals surface area contributed by atoms with Gasteiger partial charge in [-0.3, -0.25) is 0 Å². The maximum Gasteiger partial charge on any atom is 0.430 e. The number of carboxylic acids is 1. The number of carbonyl (C=O) groups excluding carboxylic acids is 1. The summed E-state index contributed by atoms with van der Waals surface area (Å²) in [7, 11) is 1.31. The van der Waals surface area contributed by atoms with E-state index in [1.807, 2.05) is 0 Å². The van der Waals surface area contributed by atoms with E-state index in [2.05, 4.69) is 0 Å². The first kappa shape index (κ1) is 11.8. The molecule has 2 N–H and O–H groups in total. The Morgan fingerprint density at radius 3 is 2.82 bits per heavy atom. The van der Waals surface area contributed by atoms with Gasteiger partial charge in [-0.15, -0.1) is 0 Å². The lowest BCUT2D eigenvalue weighted by molar-refractivity contribution is -0.255. The van der Waals surface area contributed by atoms with Crippen LogP contribution in [0, 0.1) is 0 Å². The Morgan fingerprint density at radius 2 is 2.24 bits per heavy atom. The van der Waals surface area contributed by atoms with E-state index in [0.717, 1.165) is 0 Å². The van der Waals surface area contributed by atoms with E-state index in [-0.39, 0.29) is 23.4 Å². The number of benzene rings is 1. The molecule has 2 rings (SSSR count). The number of methoxy groups -OCH3 is 1. The summed E-state index contributed by atoms with van der Waals surface area (Å²) < 4.78 is 9.81. The van der Waals surface area contributed by atoms with Crippen LogP contribution in [0.4, 0.5) is 0 Å². The van der Waals surface area contributed by atoms with Crippen LogP contribution in [-0.2, 0) is 6.42 Å². The van der Waals surface area contributed by atoms with Gasteiger partial charge in [0.2, 0.25) is 0 Å². The smallest absolute Gasteiger partial charge is 0.430 e. The Kier molecular flexibility index (Phi) is 2.72. The van der Waals surface area contributed by atoms with Crippen molar-refractivity contribution in [2.45, 2.75) is 12.7 Å². The van der Waals surface area contributed by atoms with Gasteiger partial charge in [0.15, 0.2) is 0 Å². The van der Waals surface area contributed by atoms with Crippen molar-refractivity contribution in [1.29, 1.82) is 0 Å². The number of fused-ring (bicyclic) bond motifs is 1. The lowest BCUT2D eigenvalue weighted by atomic mass is 9.70. The van der Waals surface area contributed by atoms with Gasteiger partial charge in [-0.05, 0) is 18.1 Å². The number of carbonyl (C=O) groups is 1. The minimum atomic E-state index is -3.01. The maximum absolute atomic E-state index is 11.0. The third-order valence-corrected chi connectivity index (χ3v) is 2.72. The first-order chi connectivity index (χ1) is 7.94. The summed E-state index contributed by atoms with van der Waals surface area (Å²) >= 11 is 0. The number of hydrogen-bond acceptors (Lipinski definition) is 6. The van der Waals surface area contributed by atoms with Crippen molar-refractivity contribution < 1.29 is 29.3 Å². The van der Waals surface area contributed by atoms with Crippen molar-refractivity contribution >= 4 is 12.7 Å². The van der Waals surface area contributed by atoms with Crippen molar-refractivity contribution in [3.05, 3.63) is 23.3 Å². The Balaban J connectivity index is 2.59. The van der Waals surface area contributed by atoms with Crippen LogP contribution < -0.4 is 14.5 Å². The SMILES string of the molecule is COc1ccc2c(c1C(=O)[O-])O[B-](O)(O)CC2. The molecule has 17 heavy (non-hydrogen) atoms. The van der Waals surface area contributed by atoms with E-state index in [9.17, 15) is 19.9 Å². The molecule has 1 aliphatic rings. The van der Waals surface area contributed by atoms with Gasteiger partial charge < -0.3 is 29.3 Å². The molecule has 0 atom stereocenters. The highest BCUT2D eigenvalue weighted by Crippen LogP contribution is 2.37. The molecule has 0 radical (unpaired) electrons. The number of aryl methyl sites for hydroxylation is 1. The van der Waals surface area contributed by atoms with Gasteiger partial charge in [-0.2, -0.15) is 0 Å². The van der Waals surface area contributed by atoms with Gasteiger partial charge in [0.05, 0.1) is 24.4 Å². The van der Waals surface area contributed by atoms with E-state index in [0.29, 0.717) is 12.0 Å². The number of hydrogen-bond donors (Lipinski definition) is 2. The third-order valence-electron chi connectivity index (χ3n) is 2.72. The molecule has 0 aromatic heterocycles. The van der Waals surface area contributed by atoms with Crippen LogP contribution >= 0.6 is 0 Å². The zero-order chi connectivity index (χ0) is 12.6. The van der Waals surface area contributed by atoms with Crippen LogP contribution in [0.15, 0.2) is 12.1 Å².